The molecule has 0 aliphatic carbocycles. The van der Waals surface area contributed by atoms with Crippen LogP contribution in [0.25, 0.3) is 0 Å². The summed E-state index contributed by atoms with van der Waals surface area (Å²) < 4.78 is 7.30. The van der Waals surface area contributed by atoms with Crippen LogP contribution in [0.3, 0.4) is 0 Å². The third-order valence-corrected chi connectivity index (χ3v) is 4.89. The van der Waals surface area contributed by atoms with E-state index in [4.69, 9.17) is 4.74 Å². The fourth-order valence-corrected chi connectivity index (χ4v) is 3.71. The van der Waals surface area contributed by atoms with Crippen LogP contribution in [0.4, 0.5) is 0 Å². The number of rotatable bonds is 5. The van der Waals surface area contributed by atoms with Crippen molar-refractivity contribution < 1.29 is 9.53 Å². The summed E-state index contributed by atoms with van der Waals surface area (Å²) in [4.78, 5) is 21.3. The topological polar surface area (TPSA) is 50.6 Å². The summed E-state index contributed by atoms with van der Waals surface area (Å²) in [7, 11) is 5.32. The number of hydrogen-bond acceptors (Lipinski definition) is 4. The third kappa shape index (κ3) is 3.54. The molecule has 0 radical (unpaired) electrons. The summed E-state index contributed by atoms with van der Waals surface area (Å²) in [6.45, 7) is 2.46. The molecule has 3 rings (SSSR count). The van der Waals surface area contributed by atoms with E-state index in [1.165, 1.54) is 5.56 Å². The van der Waals surface area contributed by atoms with Crippen LogP contribution in [-0.4, -0.2) is 59.6 Å². The molecule has 1 aromatic carbocycles. The molecule has 1 aromatic heterocycles. The molecule has 1 aliphatic heterocycles. The first-order valence-electron chi connectivity index (χ1n) is 8.60. The minimum atomic E-state index is -0.586. The maximum Gasteiger partial charge on any atom is 0.249 e. The van der Waals surface area contributed by atoms with Crippen LogP contribution in [0.2, 0.25) is 0 Å². The molecule has 1 unspecified atom stereocenters. The first-order chi connectivity index (χ1) is 12.0. The second-order valence-corrected chi connectivity index (χ2v) is 6.87. The van der Waals surface area contributed by atoms with Crippen LogP contribution in [-0.2, 0) is 16.9 Å². The van der Waals surface area contributed by atoms with Gasteiger partial charge in [-0.3, -0.25) is 9.69 Å². The molecule has 6 heteroatoms. The molecule has 25 heavy (non-hydrogen) atoms. The highest BCUT2D eigenvalue weighted by Gasteiger charge is 2.44. The zero-order valence-electron chi connectivity index (χ0n) is 15.2. The van der Waals surface area contributed by atoms with Crippen molar-refractivity contribution >= 4 is 5.91 Å². The molecule has 6 nitrogen and oxygen atoms in total. The second-order valence-electron chi connectivity index (χ2n) is 6.87. The van der Waals surface area contributed by atoms with E-state index in [0.29, 0.717) is 6.54 Å². The Kier molecular flexibility index (Phi) is 5.08. The number of methoxy groups -OCH3 is 1. The van der Waals surface area contributed by atoms with E-state index in [1.54, 1.807) is 24.5 Å². The molecule has 1 aliphatic rings. The van der Waals surface area contributed by atoms with Crippen LogP contribution in [0.15, 0.2) is 43.0 Å². The highest BCUT2D eigenvalue weighted by molar-refractivity contribution is 5.84. The number of likely N-dealkylation sites (tertiary alicyclic amines) is 1. The summed E-state index contributed by atoms with van der Waals surface area (Å²) in [6, 6.07) is 8.11. The number of carbonyl (C=O) groups is 1. The van der Waals surface area contributed by atoms with Crippen molar-refractivity contribution in [1.82, 2.24) is 19.4 Å². The van der Waals surface area contributed by atoms with E-state index in [0.717, 1.165) is 31.7 Å². The van der Waals surface area contributed by atoms with E-state index in [9.17, 15) is 4.79 Å². The summed E-state index contributed by atoms with van der Waals surface area (Å²) in [5, 5.41) is 0. The molecular formula is C19H26N4O2. The zero-order valence-corrected chi connectivity index (χ0v) is 15.2. The number of amides is 1. The standard InChI is InChI=1S/C19H26N4O2/c1-21(2)18(24)19(23-11-9-20-15-23)8-5-10-22(14-19)13-16-6-4-7-17(12-16)25-3/h4,6-7,9,11-12,15H,5,8,10,13-14H2,1-3H3. The van der Waals surface area contributed by atoms with Gasteiger partial charge in [-0.05, 0) is 37.1 Å². The van der Waals surface area contributed by atoms with Crippen molar-refractivity contribution in [3.05, 3.63) is 48.5 Å². The molecule has 1 atom stereocenters. The average Bonchev–Trinajstić information content (AvgIpc) is 3.16. The average molecular weight is 342 g/mol. The monoisotopic (exact) mass is 342 g/mol. The summed E-state index contributed by atoms with van der Waals surface area (Å²) in [6.07, 6.45) is 7.20. The Balaban J connectivity index is 1.85. The number of likely N-dealkylation sites (N-methyl/N-ethyl adjacent to an activating group) is 1. The number of nitrogens with zero attached hydrogens (tertiary/aromatic N) is 4. The predicted molar refractivity (Wildman–Crippen MR) is 96.4 cm³/mol. The van der Waals surface area contributed by atoms with Gasteiger partial charge >= 0.3 is 0 Å². The van der Waals surface area contributed by atoms with Crippen LogP contribution in [0.1, 0.15) is 18.4 Å². The molecule has 0 saturated carbocycles. The smallest absolute Gasteiger partial charge is 0.249 e. The second kappa shape index (κ2) is 7.27. The maximum absolute atomic E-state index is 13.0. The van der Waals surface area contributed by atoms with Crippen molar-refractivity contribution in [1.29, 1.82) is 0 Å². The van der Waals surface area contributed by atoms with Crippen molar-refractivity contribution in [2.75, 3.05) is 34.3 Å². The van der Waals surface area contributed by atoms with E-state index in [2.05, 4.69) is 22.0 Å². The Labute approximate surface area is 149 Å². The molecule has 2 aromatic rings. The normalized spacial score (nSPS) is 21.1. The lowest BCUT2D eigenvalue weighted by Crippen LogP contribution is -2.57. The van der Waals surface area contributed by atoms with E-state index in [-0.39, 0.29) is 5.91 Å². The molecule has 0 N–H and O–H groups in total. The minimum Gasteiger partial charge on any atom is -0.497 e. The Morgan fingerprint density at radius 2 is 2.24 bits per heavy atom. The summed E-state index contributed by atoms with van der Waals surface area (Å²) in [5.74, 6) is 0.987. The lowest BCUT2D eigenvalue weighted by Gasteiger charge is -2.43. The van der Waals surface area contributed by atoms with Crippen LogP contribution in [0.5, 0.6) is 5.75 Å². The van der Waals surface area contributed by atoms with E-state index < -0.39 is 5.54 Å². The van der Waals surface area contributed by atoms with Gasteiger partial charge in [-0.2, -0.15) is 0 Å². The molecule has 1 amide bonds. The lowest BCUT2D eigenvalue weighted by molar-refractivity contribution is -0.141. The fraction of sp³-hybridized carbons (Fsp3) is 0.474. The number of ether oxygens (including phenoxy) is 1. The van der Waals surface area contributed by atoms with E-state index in [1.807, 2.05) is 37.0 Å². The first-order valence-corrected chi connectivity index (χ1v) is 8.60. The van der Waals surface area contributed by atoms with E-state index >= 15 is 0 Å². The zero-order chi connectivity index (χ0) is 17.9. The first kappa shape index (κ1) is 17.5. The van der Waals surface area contributed by atoms with Crippen molar-refractivity contribution in [3.63, 3.8) is 0 Å². The molecular weight excluding hydrogens is 316 g/mol. The molecule has 0 bridgehead atoms. The van der Waals surface area contributed by atoms with Gasteiger partial charge in [-0.25, -0.2) is 4.98 Å². The van der Waals surface area contributed by atoms with Gasteiger partial charge < -0.3 is 14.2 Å². The summed E-state index contributed by atoms with van der Waals surface area (Å²) >= 11 is 0. The van der Waals surface area contributed by atoms with Crippen LogP contribution >= 0.6 is 0 Å². The highest BCUT2D eigenvalue weighted by atomic mass is 16.5. The maximum atomic E-state index is 13.0. The fourth-order valence-electron chi connectivity index (χ4n) is 3.71. The predicted octanol–water partition coefficient (Wildman–Crippen LogP) is 1.97. The minimum absolute atomic E-state index is 0.126. The van der Waals surface area contributed by atoms with Crippen molar-refractivity contribution in [2.24, 2.45) is 0 Å². The largest absolute Gasteiger partial charge is 0.497 e. The Hall–Kier alpha value is -2.34. The van der Waals surface area contributed by atoms with Gasteiger partial charge in [0.2, 0.25) is 5.91 Å². The Bertz CT molecular complexity index is 714. The van der Waals surface area contributed by atoms with Crippen LogP contribution in [0, 0.1) is 0 Å². The third-order valence-electron chi connectivity index (χ3n) is 4.89. The molecule has 134 valence electrons. The van der Waals surface area contributed by atoms with Gasteiger partial charge in [0.15, 0.2) is 0 Å². The Morgan fingerprint density at radius 1 is 1.40 bits per heavy atom. The van der Waals surface area contributed by atoms with Gasteiger partial charge in [0.05, 0.1) is 13.4 Å². The number of imidazole rings is 1. The van der Waals surface area contributed by atoms with Gasteiger partial charge in [0.1, 0.15) is 11.3 Å². The molecule has 1 saturated heterocycles. The number of piperidine rings is 1. The highest BCUT2D eigenvalue weighted by Crippen LogP contribution is 2.31. The van der Waals surface area contributed by atoms with Crippen LogP contribution < -0.4 is 4.74 Å². The number of aromatic nitrogens is 2. The summed E-state index contributed by atoms with van der Waals surface area (Å²) in [5.41, 5.74) is 0.606. The van der Waals surface area contributed by atoms with Gasteiger partial charge in [-0.15, -0.1) is 0 Å². The molecule has 1 fully saturated rings. The number of carbonyl (C=O) groups excluding carboxylic acids is 1. The quantitative estimate of drug-likeness (QED) is 0.834. The Morgan fingerprint density at radius 3 is 2.92 bits per heavy atom. The van der Waals surface area contributed by atoms with Gasteiger partial charge in [-0.1, -0.05) is 12.1 Å². The molecule has 0 spiro atoms. The van der Waals surface area contributed by atoms with Gasteiger partial charge in [0, 0.05) is 39.6 Å². The number of benzene rings is 1. The molecule has 2 heterocycles. The van der Waals surface area contributed by atoms with Crippen molar-refractivity contribution in [3.8, 4) is 5.75 Å². The SMILES string of the molecule is COc1cccc(CN2CCCC(C(=O)N(C)C)(n3ccnc3)C2)c1. The number of hydrogen-bond donors (Lipinski definition) is 0. The van der Waals surface area contributed by atoms with Crippen molar-refractivity contribution in [2.45, 2.75) is 24.9 Å². The van der Waals surface area contributed by atoms with Gasteiger partial charge in [0.25, 0.3) is 0 Å². The lowest BCUT2D eigenvalue weighted by atomic mass is 9.87.